The Hall–Kier alpha value is -2.49. The van der Waals surface area contributed by atoms with Gasteiger partial charge in [0.05, 0.1) is 18.6 Å². The number of anilines is 1. The number of amides is 2. The molecule has 0 aliphatic heterocycles. The van der Waals surface area contributed by atoms with Crippen molar-refractivity contribution in [3.8, 4) is 5.75 Å². The minimum atomic E-state index is -3.59. The van der Waals surface area contributed by atoms with Gasteiger partial charge in [-0.05, 0) is 68.7 Å². The Balaban J connectivity index is 2.17. The van der Waals surface area contributed by atoms with Crippen LogP contribution in [0.4, 0.5) is 5.69 Å². The second-order valence-electron chi connectivity index (χ2n) is 8.94. The summed E-state index contributed by atoms with van der Waals surface area (Å²) in [5.74, 6) is 0.0981. The molecule has 0 spiro atoms. The van der Waals surface area contributed by atoms with Crippen LogP contribution in [-0.2, 0) is 26.2 Å². The van der Waals surface area contributed by atoms with Crippen molar-refractivity contribution in [1.82, 2.24) is 10.2 Å². The van der Waals surface area contributed by atoms with Crippen molar-refractivity contribution >= 4 is 50.7 Å². The lowest BCUT2D eigenvalue weighted by Gasteiger charge is -2.30. The predicted molar refractivity (Wildman–Crippen MR) is 153 cm³/mol. The monoisotopic (exact) mass is 585 g/mol. The molecule has 11 heteroatoms. The maximum Gasteiger partial charge on any atom is 0.242 e. The van der Waals surface area contributed by atoms with Crippen LogP contribution in [0.2, 0.25) is 10.0 Å². The van der Waals surface area contributed by atoms with E-state index in [1.165, 1.54) is 9.21 Å². The molecule has 0 bridgehead atoms. The van der Waals surface area contributed by atoms with Crippen molar-refractivity contribution in [3.63, 3.8) is 0 Å². The fourth-order valence-corrected chi connectivity index (χ4v) is 5.26. The van der Waals surface area contributed by atoms with E-state index in [0.717, 1.165) is 19.1 Å². The number of unbranched alkanes of at least 4 members (excludes halogenated alkanes) is 1. The number of ether oxygens (including phenoxy) is 1. The molecule has 0 saturated carbocycles. The van der Waals surface area contributed by atoms with Gasteiger partial charge in [0.1, 0.15) is 11.8 Å². The lowest BCUT2D eigenvalue weighted by Crippen LogP contribution is -2.48. The molecular formula is C27H37Cl2N3O5S. The van der Waals surface area contributed by atoms with Crippen LogP contribution >= 0.6 is 23.2 Å². The zero-order valence-electron chi connectivity index (χ0n) is 22.4. The van der Waals surface area contributed by atoms with Crippen LogP contribution in [-0.4, -0.2) is 57.1 Å². The first-order chi connectivity index (χ1) is 18.0. The molecule has 2 rings (SSSR count). The highest BCUT2D eigenvalue weighted by molar-refractivity contribution is 7.92. The summed E-state index contributed by atoms with van der Waals surface area (Å²) in [6, 6.07) is 11.0. The predicted octanol–water partition coefficient (Wildman–Crippen LogP) is 5.27. The lowest BCUT2D eigenvalue weighted by atomic mass is 10.1. The van der Waals surface area contributed by atoms with Gasteiger partial charge < -0.3 is 15.0 Å². The summed E-state index contributed by atoms with van der Waals surface area (Å²) < 4.78 is 31.7. The first kappa shape index (κ1) is 31.7. The summed E-state index contributed by atoms with van der Waals surface area (Å²) in [6.45, 7) is 6.82. The number of nitrogens with one attached hydrogen (secondary N) is 1. The summed E-state index contributed by atoms with van der Waals surface area (Å²) in [5.41, 5.74) is 1.14. The highest BCUT2D eigenvalue weighted by Gasteiger charge is 2.27. The Bertz CT molecular complexity index is 1180. The third kappa shape index (κ3) is 9.67. The third-order valence-corrected chi connectivity index (χ3v) is 7.72. The number of benzene rings is 2. The number of hydrogen-bond acceptors (Lipinski definition) is 5. The zero-order valence-corrected chi connectivity index (χ0v) is 24.7. The van der Waals surface area contributed by atoms with Gasteiger partial charge in [-0.15, -0.1) is 0 Å². The van der Waals surface area contributed by atoms with E-state index in [-0.39, 0.29) is 37.7 Å². The number of carbonyl (C=O) groups is 2. The molecule has 0 aromatic heterocycles. The van der Waals surface area contributed by atoms with Crippen LogP contribution in [0.25, 0.3) is 0 Å². The number of rotatable bonds is 15. The molecule has 0 radical (unpaired) electrons. The van der Waals surface area contributed by atoms with Gasteiger partial charge in [0.2, 0.25) is 21.8 Å². The quantitative estimate of drug-likeness (QED) is 0.287. The van der Waals surface area contributed by atoms with Crippen LogP contribution in [0.15, 0.2) is 42.5 Å². The molecule has 0 aliphatic carbocycles. The normalized spacial score (nSPS) is 12.1. The van der Waals surface area contributed by atoms with Crippen molar-refractivity contribution in [2.75, 3.05) is 30.3 Å². The molecule has 2 aromatic carbocycles. The first-order valence-electron chi connectivity index (χ1n) is 12.7. The van der Waals surface area contributed by atoms with Gasteiger partial charge in [-0.2, -0.15) is 0 Å². The van der Waals surface area contributed by atoms with Crippen molar-refractivity contribution in [3.05, 3.63) is 58.1 Å². The fourth-order valence-electron chi connectivity index (χ4n) is 3.83. The average molecular weight is 587 g/mol. The highest BCUT2D eigenvalue weighted by Crippen LogP contribution is 2.25. The van der Waals surface area contributed by atoms with E-state index < -0.39 is 16.1 Å². The van der Waals surface area contributed by atoms with Crippen molar-refractivity contribution in [1.29, 1.82) is 0 Å². The van der Waals surface area contributed by atoms with Gasteiger partial charge in [0.25, 0.3) is 0 Å². The summed E-state index contributed by atoms with van der Waals surface area (Å²) in [5, 5.41) is 3.74. The molecule has 1 N–H and O–H groups in total. The van der Waals surface area contributed by atoms with Gasteiger partial charge >= 0.3 is 0 Å². The summed E-state index contributed by atoms with van der Waals surface area (Å²) in [4.78, 5) is 27.7. The molecule has 1 atom stereocenters. The van der Waals surface area contributed by atoms with Gasteiger partial charge in [-0.1, -0.05) is 42.6 Å². The molecule has 38 heavy (non-hydrogen) atoms. The van der Waals surface area contributed by atoms with Gasteiger partial charge in [-0.3, -0.25) is 13.9 Å². The molecule has 0 heterocycles. The maximum atomic E-state index is 13.4. The lowest BCUT2D eigenvalue weighted by molar-refractivity contribution is -0.140. The summed E-state index contributed by atoms with van der Waals surface area (Å²) >= 11 is 12.4. The molecule has 210 valence electrons. The second-order valence-corrected chi connectivity index (χ2v) is 11.7. The van der Waals surface area contributed by atoms with Crippen LogP contribution in [0.1, 0.15) is 52.0 Å². The first-order valence-corrected chi connectivity index (χ1v) is 15.3. The molecule has 0 saturated heterocycles. The molecular weight excluding hydrogens is 549 g/mol. The van der Waals surface area contributed by atoms with E-state index in [1.807, 2.05) is 13.8 Å². The van der Waals surface area contributed by atoms with E-state index >= 15 is 0 Å². The Morgan fingerprint density at radius 3 is 2.32 bits per heavy atom. The molecule has 8 nitrogen and oxygen atoms in total. The number of sulfonamides is 1. The van der Waals surface area contributed by atoms with Gasteiger partial charge in [0.15, 0.2) is 0 Å². The van der Waals surface area contributed by atoms with Gasteiger partial charge in [0, 0.05) is 36.1 Å². The number of halogens is 2. The smallest absolute Gasteiger partial charge is 0.242 e. The Kier molecular flexibility index (Phi) is 12.7. The summed E-state index contributed by atoms with van der Waals surface area (Å²) in [6.07, 6.45) is 3.20. The topological polar surface area (TPSA) is 96.0 Å². The molecule has 0 unspecified atom stereocenters. The number of nitrogens with zero attached hydrogens (tertiary/aromatic N) is 2. The van der Waals surface area contributed by atoms with E-state index in [1.54, 1.807) is 49.4 Å². The van der Waals surface area contributed by atoms with E-state index in [0.29, 0.717) is 40.2 Å². The minimum absolute atomic E-state index is 0.0425. The number of carbonyl (C=O) groups excluding carboxylic acids is 2. The third-order valence-electron chi connectivity index (χ3n) is 5.94. The van der Waals surface area contributed by atoms with Crippen molar-refractivity contribution in [2.45, 2.75) is 59.0 Å². The standard InChI is InChI=1S/C27H37Cl2N3O5S/c1-5-7-16-30-27(34)20(3)31(19-21-10-11-22(28)18-25(21)29)26(33)9-8-17-32(38(4,35)36)23-12-14-24(15-13-23)37-6-2/h10-15,18,20H,5-9,16-17,19H2,1-4H3,(H,30,34)/t20-/m1/s1. The van der Waals surface area contributed by atoms with E-state index in [4.69, 9.17) is 27.9 Å². The number of hydrogen-bond donors (Lipinski definition) is 1. The van der Waals surface area contributed by atoms with Crippen molar-refractivity contribution in [2.24, 2.45) is 0 Å². The zero-order chi connectivity index (χ0) is 28.3. The molecule has 0 aliphatic rings. The highest BCUT2D eigenvalue weighted by atomic mass is 35.5. The minimum Gasteiger partial charge on any atom is -0.494 e. The Morgan fingerprint density at radius 1 is 1.05 bits per heavy atom. The van der Waals surface area contributed by atoms with Crippen LogP contribution < -0.4 is 14.4 Å². The fraction of sp³-hybridized carbons (Fsp3) is 0.481. The molecule has 0 fully saturated rings. The Labute approximate surface area is 236 Å². The van der Waals surface area contributed by atoms with Crippen LogP contribution in [0.3, 0.4) is 0 Å². The second kappa shape index (κ2) is 15.2. The van der Waals surface area contributed by atoms with Gasteiger partial charge in [-0.25, -0.2) is 8.42 Å². The van der Waals surface area contributed by atoms with Crippen LogP contribution in [0, 0.1) is 0 Å². The molecule has 2 amide bonds. The largest absolute Gasteiger partial charge is 0.494 e. The SMILES string of the molecule is CCCCNC(=O)[C@@H](C)N(Cc1ccc(Cl)cc1Cl)C(=O)CCCN(c1ccc(OCC)cc1)S(C)(=O)=O. The van der Waals surface area contributed by atoms with E-state index in [2.05, 4.69) is 5.32 Å². The summed E-state index contributed by atoms with van der Waals surface area (Å²) in [7, 11) is -3.59. The average Bonchev–Trinajstić information content (AvgIpc) is 2.86. The molecule has 2 aromatic rings. The van der Waals surface area contributed by atoms with E-state index in [9.17, 15) is 18.0 Å². The van der Waals surface area contributed by atoms with Crippen molar-refractivity contribution < 1.29 is 22.7 Å². The Morgan fingerprint density at radius 2 is 1.74 bits per heavy atom. The maximum absolute atomic E-state index is 13.4. The van der Waals surface area contributed by atoms with Crippen LogP contribution in [0.5, 0.6) is 5.75 Å².